The number of aromatic nitrogens is 12. The SMILES string of the molecule is CCNC(=O)[C@@H]1O[C@H](n2cnc3c(NCC(c4ccccc4)c4ccccc4)nc(NC4CCC(N)CC4)nc32)[C@@H](O)[C@H]1O.CCNC(=O)[C@@H]1O[C@H](n2cnc3c(NCC(c4ccccc4)c4ccccc4)nc(NC4CCCC4)nc32)[C@@H](O)[C@H]1O.CCNC(=O)[C@@H]1O[C@H](n2cnc3c(NCC(c4ccccc4)c4ccccc4)nc(NCCN4CCCCC4)nc32)[C@@H](O)[C@H]1O. The quantitative estimate of drug-likeness (QED) is 0.0188. The molecular weight excluding hydrogens is 1670 g/mol. The molecule has 35 heteroatoms. The van der Waals surface area contributed by atoms with E-state index >= 15 is 0 Å². The Morgan fingerprint density at radius 2 is 0.672 bits per heavy atom. The third-order valence-electron chi connectivity index (χ3n) is 25.2. The maximum atomic E-state index is 12.5. The molecule has 0 radical (unpaired) electrons. The smallest absolute Gasteiger partial charge is 0.252 e. The normalized spacial score (nSPS) is 23.3. The Labute approximate surface area is 759 Å². The summed E-state index contributed by atoms with van der Waals surface area (Å²) < 4.78 is 22.4. The van der Waals surface area contributed by atoms with E-state index in [1.165, 1.54) is 60.5 Å². The zero-order valence-corrected chi connectivity index (χ0v) is 73.8. The van der Waals surface area contributed by atoms with E-state index in [1.54, 1.807) is 34.5 Å². The highest BCUT2D eigenvalue weighted by molar-refractivity contribution is 5.88. The van der Waals surface area contributed by atoms with E-state index in [2.05, 4.69) is 140 Å². The molecule has 35 nitrogen and oxygen atoms in total. The third-order valence-corrected chi connectivity index (χ3v) is 25.2. The fourth-order valence-electron chi connectivity index (χ4n) is 18.2. The van der Waals surface area contributed by atoms with E-state index in [0.29, 0.717) is 115 Å². The lowest BCUT2D eigenvalue weighted by molar-refractivity contribution is -0.138. The predicted octanol–water partition coefficient (Wildman–Crippen LogP) is 8.41. The molecule has 131 heavy (non-hydrogen) atoms. The van der Waals surface area contributed by atoms with Crippen molar-refractivity contribution in [3.8, 4) is 0 Å². The molecule has 6 fully saturated rings. The van der Waals surface area contributed by atoms with Gasteiger partial charge in [0.25, 0.3) is 17.7 Å². The average molecular weight is 1790 g/mol. The molecule has 18 rings (SSSR count). The van der Waals surface area contributed by atoms with Crippen LogP contribution >= 0.6 is 0 Å². The Balaban J connectivity index is 0.000000144. The van der Waals surface area contributed by atoms with Crippen LogP contribution in [0, 0.1) is 0 Å². The van der Waals surface area contributed by atoms with Gasteiger partial charge in [0.15, 0.2) is 87.9 Å². The molecule has 12 aromatic rings. The lowest BCUT2D eigenvalue weighted by Crippen LogP contribution is -2.42. The molecule has 4 aliphatic heterocycles. The molecule has 3 amide bonds. The van der Waals surface area contributed by atoms with Crippen LogP contribution in [0.2, 0.25) is 0 Å². The van der Waals surface area contributed by atoms with E-state index in [9.17, 15) is 45.0 Å². The number of nitrogens with two attached hydrogens (primary N) is 1. The van der Waals surface area contributed by atoms with Crippen molar-refractivity contribution in [1.29, 1.82) is 0 Å². The van der Waals surface area contributed by atoms with Crippen LogP contribution in [0.5, 0.6) is 0 Å². The minimum Gasteiger partial charge on any atom is -0.387 e. The molecule has 0 spiro atoms. The number of anilines is 6. The van der Waals surface area contributed by atoms with Gasteiger partial charge in [-0.05, 0) is 119 Å². The van der Waals surface area contributed by atoms with Crippen molar-refractivity contribution < 1.29 is 59.2 Å². The largest absolute Gasteiger partial charge is 0.387 e. The molecule has 12 atom stereocenters. The minimum atomic E-state index is -1.41. The number of carbonyl (C=O) groups excluding carboxylic acids is 3. The zero-order valence-electron chi connectivity index (χ0n) is 73.8. The van der Waals surface area contributed by atoms with E-state index in [-0.39, 0.29) is 35.9 Å². The number of rotatable bonds is 32. The van der Waals surface area contributed by atoms with Gasteiger partial charge in [-0.25, -0.2) is 15.0 Å². The number of amides is 3. The molecule has 2 saturated carbocycles. The second kappa shape index (κ2) is 43.6. The van der Waals surface area contributed by atoms with Crippen LogP contribution in [0.4, 0.5) is 35.3 Å². The van der Waals surface area contributed by atoms with Crippen LogP contribution in [0.25, 0.3) is 33.5 Å². The summed E-state index contributed by atoms with van der Waals surface area (Å²) in [6, 6.07) is 62.5. The summed E-state index contributed by atoms with van der Waals surface area (Å²) in [5, 5.41) is 93.6. The van der Waals surface area contributed by atoms with Crippen LogP contribution in [-0.4, -0.2) is 250 Å². The first-order valence-electron chi connectivity index (χ1n) is 45.9. The first kappa shape index (κ1) is 92.0. The number of imidazole rings is 3. The topological polar surface area (TPSA) is 469 Å². The molecule has 4 saturated heterocycles. The summed E-state index contributed by atoms with van der Waals surface area (Å²) in [4.78, 5) is 82.7. The molecule has 2 aliphatic carbocycles. The number of benzene rings is 6. The number of likely N-dealkylation sites (tertiary alicyclic amines) is 1. The molecule has 6 aromatic heterocycles. The summed E-state index contributed by atoms with van der Waals surface area (Å²) in [7, 11) is 0. The summed E-state index contributed by atoms with van der Waals surface area (Å²) in [5.41, 5.74) is 15.8. The van der Waals surface area contributed by atoms with E-state index in [4.69, 9.17) is 49.8 Å². The van der Waals surface area contributed by atoms with Gasteiger partial charge < -0.3 is 103 Å². The standard InChI is InChI=1S/C33H42N8O4.C32H40N8O4.C31H37N7O4/c1-2-34-31(44)28-26(42)27(43)32(45-28)41-21-37-25-29(38-33(39-30(25)41)35-16-19-40-17-10-5-11-18-40)36-20-24(22-12-6-3-7-13-22)23-14-8-4-9-15-23;1-2-34-30(43)27-25(41)26(42)31(44-27)40-18-36-24-28(38-32(39-29(24)40)37-22-15-13-21(33)14-16-22)35-17-23(19-9-5-3-6-10-19)20-11-7-4-8-12-20;1-2-32-29(41)26-24(39)25(40)30(42-26)38-18-34-23-27(36-31(37-28(23)38)35-21-15-9-10-16-21)33-17-22(19-11-5-3-6-12-19)20-13-7-4-8-14-20/h3-4,6-9,12-15,21,24,26-28,32,42-43H,2,5,10-11,16-20H2,1H3,(H,34,44)(H2,35,36,38,39);3-12,18,21-23,25-27,31,41-42H,2,13-17,33H2,1H3,(H,34,43)(H2,35,37,38,39);3-8,11-14,18,21-22,24-26,30,39-40H,2,9-10,15-17H2,1H3,(H,32,41)(H2,33,35,36,37)/t26-,27+,28-,32+;21?,22?,25-,26+,27-,31+;24-,25+,26-,30+/m111/s1. The maximum absolute atomic E-state index is 12.5. The second-order valence-corrected chi connectivity index (χ2v) is 34.1. The van der Waals surface area contributed by atoms with Gasteiger partial charge in [0.1, 0.15) is 36.6 Å². The number of fused-ring (bicyclic) bond motifs is 3. The predicted molar refractivity (Wildman–Crippen MR) is 498 cm³/mol. The van der Waals surface area contributed by atoms with Gasteiger partial charge in [0.2, 0.25) is 17.8 Å². The van der Waals surface area contributed by atoms with E-state index in [0.717, 1.165) is 82.1 Å². The molecule has 0 unspecified atom stereocenters. The Morgan fingerprint density at radius 3 is 0.985 bits per heavy atom. The number of carbonyl (C=O) groups is 3. The van der Waals surface area contributed by atoms with Crippen molar-refractivity contribution >= 4 is 86.5 Å². The fraction of sp³-hybridized carbons (Fsp3) is 0.438. The summed E-state index contributed by atoms with van der Waals surface area (Å²) >= 11 is 0. The van der Waals surface area contributed by atoms with Crippen molar-refractivity contribution in [2.24, 2.45) is 5.73 Å². The molecule has 10 heterocycles. The van der Waals surface area contributed by atoms with Crippen molar-refractivity contribution in [2.45, 2.75) is 201 Å². The number of piperidine rings is 1. The molecule has 6 aromatic carbocycles. The average Bonchev–Trinajstić information content (AvgIpc) is 1.62. The first-order chi connectivity index (χ1) is 64.0. The number of nitrogens with zero attached hydrogens (tertiary/aromatic N) is 13. The number of likely N-dealkylation sites (N-methyl/N-ethyl adjacent to an activating group) is 3. The summed E-state index contributed by atoms with van der Waals surface area (Å²) in [6.45, 7) is 11.8. The molecule has 0 bridgehead atoms. The number of hydrogen-bond donors (Lipinski definition) is 16. The maximum Gasteiger partial charge on any atom is 0.252 e. The molecular formula is C96H119N23O12. The Kier molecular flexibility index (Phi) is 30.7. The Bertz CT molecular complexity index is 5560. The fourth-order valence-corrected chi connectivity index (χ4v) is 18.2. The minimum absolute atomic E-state index is 0.0358. The van der Waals surface area contributed by atoms with Crippen LogP contribution in [0.15, 0.2) is 201 Å². The van der Waals surface area contributed by atoms with E-state index < -0.39 is 91.3 Å². The van der Waals surface area contributed by atoms with Crippen LogP contribution < -0.4 is 53.6 Å². The number of nitrogens with one attached hydrogen (secondary N) is 9. The highest BCUT2D eigenvalue weighted by Gasteiger charge is 2.51. The van der Waals surface area contributed by atoms with Crippen molar-refractivity contribution in [2.75, 3.05) is 97.3 Å². The van der Waals surface area contributed by atoms with Gasteiger partial charge in [-0.2, -0.15) is 29.9 Å². The lowest BCUT2D eigenvalue weighted by atomic mass is 9.91. The van der Waals surface area contributed by atoms with Gasteiger partial charge >= 0.3 is 0 Å². The Hall–Kier alpha value is -12.3. The monoisotopic (exact) mass is 1790 g/mol. The highest BCUT2D eigenvalue weighted by atomic mass is 16.6. The molecule has 6 aliphatic rings. The number of ether oxygens (including phenoxy) is 3. The lowest BCUT2D eigenvalue weighted by Gasteiger charge is -2.27. The van der Waals surface area contributed by atoms with Crippen LogP contribution in [0.3, 0.4) is 0 Å². The van der Waals surface area contributed by atoms with Gasteiger partial charge in [0, 0.05) is 88.2 Å². The molecule has 17 N–H and O–H groups in total. The summed E-state index contributed by atoms with van der Waals surface area (Å²) in [6.07, 6.45) is 1.09. The first-order valence-corrected chi connectivity index (χ1v) is 45.9. The van der Waals surface area contributed by atoms with Gasteiger partial charge in [-0.15, -0.1) is 0 Å². The third kappa shape index (κ3) is 21.7. The van der Waals surface area contributed by atoms with Gasteiger partial charge in [-0.3, -0.25) is 28.1 Å². The zero-order chi connectivity index (χ0) is 90.9. The van der Waals surface area contributed by atoms with Crippen molar-refractivity contribution in [3.05, 3.63) is 234 Å². The van der Waals surface area contributed by atoms with Gasteiger partial charge in [0.05, 0.1) is 19.0 Å². The van der Waals surface area contributed by atoms with Gasteiger partial charge in [-0.1, -0.05) is 201 Å². The van der Waals surface area contributed by atoms with Crippen LogP contribution in [0.1, 0.15) is 161 Å². The molecule has 690 valence electrons. The number of aliphatic hydroxyl groups is 6. The number of hydrogen-bond acceptors (Lipinski definition) is 29. The second-order valence-electron chi connectivity index (χ2n) is 34.1. The summed E-state index contributed by atoms with van der Waals surface area (Å²) in [5.74, 6) is 1.54. The number of aliphatic hydroxyl groups excluding tert-OH is 6. The highest BCUT2D eigenvalue weighted by Crippen LogP contribution is 2.40. The Morgan fingerprint density at radius 1 is 0.374 bits per heavy atom. The van der Waals surface area contributed by atoms with Crippen LogP contribution in [-0.2, 0) is 28.6 Å². The van der Waals surface area contributed by atoms with E-state index in [1.807, 2.05) is 109 Å². The van der Waals surface area contributed by atoms with Crippen molar-refractivity contribution in [1.82, 2.24) is 79.4 Å². The van der Waals surface area contributed by atoms with Crippen molar-refractivity contribution in [3.63, 3.8) is 0 Å².